The summed E-state index contributed by atoms with van der Waals surface area (Å²) in [5.41, 5.74) is 2.02. The van der Waals surface area contributed by atoms with Gasteiger partial charge >= 0.3 is 0 Å². The lowest BCUT2D eigenvalue weighted by Gasteiger charge is -2.36. The average Bonchev–Trinajstić information content (AvgIpc) is 2.36. The highest BCUT2D eigenvalue weighted by Crippen LogP contribution is 2.31. The van der Waals surface area contributed by atoms with Gasteiger partial charge in [-0.2, -0.15) is 0 Å². The molecule has 0 saturated heterocycles. The summed E-state index contributed by atoms with van der Waals surface area (Å²) >= 11 is 0. The molecule has 0 bridgehead atoms. The number of nitrogens with one attached hydrogen (secondary N) is 1. The van der Waals surface area contributed by atoms with Crippen molar-refractivity contribution in [2.45, 2.75) is 45.8 Å². The highest BCUT2D eigenvalue weighted by atomic mass is 16.5. The Bertz CT molecular complexity index is 331. The van der Waals surface area contributed by atoms with Crippen molar-refractivity contribution in [1.82, 2.24) is 10.3 Å². The van der Waals surface area contributed by atoms with Gasteiger partial charge in [-0.1, -0.05) is 19.9 Å². The van der Waals surface area contributed by atoms with Crippen LogP contribution in [-0.2, 0) is 4.74 Å². The lowest BCUT2D eigenvalue weighted by Crippen LogP contribution is -2.42. The van der Waals surface area contributed by atoms with Crippen LogP contribution in [0, 0.1) is 6.92 Å². The van der Waals surface area contributed by atoms with Gasteiger partial charge in [0.25, 0.3) is 0 Å². The standard InChI is InChI=1S/C14H24N2O/c1-6-14(4,17-5)13(15-7-2)12-9-8-11(3)16-10-12/h8-10,13,15H,6-7H2,1-5H3. The molecule has 0 radical (unpaired) electrons. The third kappa shape index (κ3) is 3.27. The first-order valence-corrected chi connectivity index (χ1v) is 6.28. The molecule has 0 aliphatic carbocycles. The molecule has 0 amide bonds. The molecule has 2 atom stereocenters. The van der Waals surface area contributed by atoms with E-state index in [-0.39, 0.29) is 11.6 Å². The number of hydrogen-bond acceptors (Lipinski definition) is 3. The quantitative estimate of drug-likeness (QED) is 0.824. The predicted molar refractivity (Wildman–Crippen MR) is 71.1 cm³/mol. The van der Waals surface area contributed by atoms with Gasteiger partial charge < -0.3 is 10.1 Å². The average molecular weight is 236 g/mol. The molecule has 0 aliphatic heterocycles. The molecule has 2 unspecified atom stereocenters. The number of aromatic nitrogens is 1. The fourth-order valence-electron chi connectivity index (χ4n) is 2.01. The SMILES string of the molecule is CCNC(c1ccc(C)nc1)C(C)(CC)OC. The van der Waals surface area contributed by atoms with E-state index in [1.807, 2.05) is 19.2 Å². The topological polar surface area (TPSA) is 34.2 Å². The van der Waals surface area contributed by atoms with Crippen LogP contribution < -0.4 is 5.32 Å². The Labute approximate surface area is 105 Å². The van der Waals surface area contributed by atoms with Crippen molar-refractivity contribution in [3.63, 3.8) is 0 Å². The molecule has 96 valence electrons. The fraction of sp³-hybridized carbons (Fsp3) is 0.643. The lowest BCUT2D eigenvalue weighted by atomic mass is 9.88. The van der Waals surface area contributed by atoms with E-state index in [1.165, 1.54) is 5.56 Å². The molecule has 1 N–H and O–H groups in total. The van der Waals surface area contributed by atoms with Gasteiger partial charge in [-0.15, -0.1) is 0 Å². The van der Waals surface area contributed by atoms with Crippen LogP contribution in [0.5, 0.6) is 0 Å². The van der Waals surface area contributed by atoms with E-state index < -0.39 is 0 Å². The molecule has 0 spiro atoms. The predicted octanol–water partition coefficient (Wildman–Crippen LogP) is 2.86. The highest BCUT2D eigenvalue weighted by molar-refractivity contribution is 5.20. The summed E-state index contributed by atoms with van der Waals surface area (Å²) in [6, 6.07) is 4.35. The van der Waals surface area contributed by atoms with Gasteiger partial charge in [0.2, 0.25) is 0 Å². The maximum Gasteiger partial charge on any atom is 0.0842 e. The first kappa shape index (κ1) is 14.1. The van der Waals surface area contributed by atoms with Crippen molar-refractivity contribution in [2.75, 3.05) is 13.7 Å². The van der Waals surface area contributed by atoms with Crippen LogP contribution >= 0.6 is 0 Å². The molecule has 3 nitrogen and oxygen atoms in total. The Kier molecular flexibility index (Phi) is 5.09. The maximum absolute atomic E-state index is 5.70. The second kappa shape index (κ2) is 6.12. The third-order valence-corrected chi connectivity index (χ3v) is 3.45. The zero-order chi connectivity index (χ0) is 12.9. The number of methoxy groups -OCH3 is 1. The Hall–Kier alpha value is -0.930. The van der Waals surface area contributed by atoms with E-state index >= 15 is 0 Å². The number of nitrogens with zero attached hydrogens (tertiary/aromatic N) is 1. The second-order valence-corrected chi connectivity index (χ2v) is 4.59. The minimum atomic E-state index is -0.201. The minimum absolute atomic E-state index is 0.176. The normalized spacial score (nSPS) is 16.5. The summed E-state index contributed by atoms with van der Waals surface area (Å²) in [7, 11) is 1.77. The molecular formula is C14H24N2O. The molecule has 3 heteroatoms. The van der Waals surface area contributed by atoms with Gasteiger partial charge in [0, 0.05) is 19.0 Å². The summed E-state index contributed by atoms with van der Waals surface area (Å²) in [5.74, 6) is 0. The summed E-state index contributed by atoms with van der Waals surface area (Å²) in [4.78, 5) is 4.37. The molecule has 0 aliphatic rings. The Morgan fingerprint density at radius 3 is 2.53 bits per heavy atom. The van der Waals surface area contributed by atoms with Gasteiger partial charge in [-0.25, -0.2) is 0 Å². The summed E-state index contributed by atoms with van der Waals surface area (Å²) in [5, 5.41) is 3.50. The second-order valence-electron chi connectivity index (χ2n) is 4.59. The van der Waals surface area contributed by atoms with E-state index in [4.69, 9.17) is 4.74 Å². The molecule has 17 heavy (non-hydrogen) atoms. The number of likely N-dealkylation sites (N-methyl/N-ethyl adjacent to an activating group) is 1. The van der Waals surface area contributed by atoms with Crippen LogP contribution in [0.3, 0.4) is 0 Å². The van der Waals surface area contributed by atoms with Gasteiger partial charge in [0.15, 0.2) is 0 Å². The molecule has 0 fully saturated rings. The number of rotatable bonds is 6. The third-order valence-electron chi connectivity index (χ3n) is 3.45. The van der Waals surface area contributed by atoms with Crippen molar-refractivity contribution in [2.24, 2.45) is 0 Å². The van der Waals surface area contributed by atoms with Crippen molar-refractivity contribution in [3.8, 4) is 0 Å². The van der Waals surface area contributed by atoms with Crippen LogP contribution in [0.2, 0.25) is 0 Å². The largest absolute Gasteiger partial charge is 0.377 e. The number of hydrogen-bond donors (Lipinski definition) is 1. The van der Waals surface area contributed by atoms with Crippen LogP contribution in [-0.4, -0.2) is 24.2 Å². The zero-order valence-corrected chi connectivity index (χ0v) is 11.6. The first-order chi connectivity index (χ1) is 8.07. The Morgan fingerprint density at radius 1 is 1.41 bits per heavy atom. The van der Waals surface area contributed by atoms with Crippen LogP contribution in [0.1, 0.15) is 44.5 Å². The molecule has 1 aromatic rings. The first-order valence-electron chi connectivity index (χ1n) is 6.28. The van der Waals surface area contributed by atoms with Gasteiger partial charge in [-0.3, -0.25) is 4.98 Å². The molecule has 0 saturated carbocycles. The van der Waals surface area contributed by atoms with E-state index in [9.17, 15) is 0 Å². The summed E-state index contributed by atoms with van der Waals surface area (Å²) < 4.78 is 5.70. The molecular weight excluding hydrogens is 212 g/mol. The lowest BCUT2D eigenvalue weighted by molar-refractivity contribution is -0.0296. The van der Waals surface area contributed by atoms with Gasteiger partial charge in [0.05, 0.1) is 11.6 Å². The van der Waals surface area contributed by atoms with Crippen molar-refractivity contribution in [1.29, 1.82) is 0 Å². The van der Waals surface area contributed by atoms with Crippen LogP contribution in [0.15, 0.2) is 18.3 Å². The van der Waals surface area contributed by atoms with Gasteiger partial charge in [-0.05, 0) is 38.4 Å². The zero-order valence-electron chi connectivity index (χ0n) is 11.6. The summed E-state index contributed by atoms with van der Waals surface area (Å²) in [6.07, 6.45) is 2.89. The molecule has 0 aromatic carbocycles. The molecule has 1 rings (SSSR count). The Morgan fingerprint density at radius 2 is 2.12 bits per heavy atom. The van der Waals surface area contributed by atoms with E-state index in [1.54, 1.807) is 7.11 Å². The molecule has 1 heterocycles. The number of aryl methyl sites for hydroxylation is 1. The highest BCUT2D eigenvalue weighted by Gasteiger charge is 2.33. The fourth-order valence-corrected chi connectivity index (χ4v) is 2.01. The van der Waals surface area contributed by atoms with Gasteiger partial charge in [0.1, 0.15) is 0 Å². The minimum Gasteiger partial charge on any atom is -0.377 e. The number of ether oxygens (including phenoxy) is 1. The van der Waals surface area contributed by atoms with E-state index in [0.717, 1.165) is 18.7 Å². The van der Waals surface area contributed by atoms with Crippen LogP contribution in [0.4, 0.5) is 0 Å². The Balaban J connectivity index is 3.03. The maximum atomic E-state index is 5.70. The van der Waals surface area contributed by atoms with Crippen LogP contribution in [0.25, 0.3) is 0 Å². The summed E-state index contributed by atoms with van der Waals surface area (Å²) in [6.45, 7) is 9.31. The number of pyridine rings is 1. The van der Waals surface area contributed by atoms with Crippen molar-refractivity contribution >= 4 is 0 Å². The van der Waals surface area contributed by atoms with Crippen molar-refractivity contribution < 1.29 is 4.74 Å². The monoisotopic (exact) mass is 236 g/mol. The van der Waals surface area contributed by atoms with E-state index in [0.29, 0.717) is 0 Å². The smallest absolute Gasteiger partial charge is 0.0842 e. The van der Waals surface area contributed by atoms with E-state index in [2.05, 4.69) is 37.1 Å². The molecule has 1 aromatic heterocycles. The van der Waals surface area contributed by atoms with Crippen molar-refractivity contribution in [3.05, 3.63) is 29.6 Å².